The third-order valence-corrected chi connectivity index (χ3v) is 2.85. The van der Waals surface area contributed by atoms with E-state index < -0.39 is 0 Å². The number of para-hydroxylation sites is 1. The summed E-state index contributed by atoms with van der Waals surface area (Å²) >= 11 is 0. The lowest BCUT2D eigenvalue weighted by Crippen LogP contribution is -2.24. The highest BCUT2D eigenvalue weighted by Crippen LogP contribution is 2.33. The van der Waals surface area contributed by atoms with Crippen LogP contribution >= 0.6 is 0 Å². The molecule has 2 rings (SSSR count). The molecule has 3 nitrogen and oxygen atoms in total. The van der Waals surface area contributed by atoms with Gasteiger partial charge >= 0.3 is 0 Å². The van der Waals surface area contributed by atoms with Gasteiger partial charge in [0.05, 0.1) is 12.0 Å². The summed E-state index contributed by atoms with van der Waals surface area (Å²) in [6, 6.07) is 9.88. The van der Waals surface area contributed by atoms with Crippen LogP contribution < -0.4 is 4.90 Å². The Kier molecular flexibility index (Phi) is 2.42. The molecule has 0 N–H and O–H groups in total. The molecule has 0 spiro atoms. The zero-order valence-corrected chi connectivity index (χ0v) is 8.60. The molecule has 0 saturated carbocycles. The topological polar surface area (TPSA) is 44.1 Å². The number of carbonyl (C=O) groups is 1. The maximum Gasteiger partial charge on any atom is 0.226 e. The summed E-state index contributed by atoms with van der Waals surface area (Å²) < 4.78 is 0. The minimum atomic E-state index is -0.157. The van der Waals surface area contributed by atoms with E-state index in [0.29, 0.717) is 12.8 Å². The number of rotatable bonds is 0. The summed E-state index contributed by atoms with van der Waals surface area (Å²) in [5.41, 5.74) is 1.83. The third-order valence-electron chi connectivity index (χ3n) is 2.85. The predicted octanol–water partition coefficient (Wildman–Crippen LogP) is 2.05. The average Bonchev–Trinajstić information content (AvgIpc) is 2.39. The lowest BCUT2D eigenvalue weighted by atomic mass is 9.96. The smallest absolute Gasteiger partial charge is 0.226 e. The zero-order chi connectivity index (χ0) is 10.8. The van der Waals surface area contributed by atoms with Crippen molar-refractivity contribution in [1.29, 1.82) is 5.26 Å². The molecule has 1 aliphatic rings. The summed E-state index contributed by atoms with van der Waals surface area (Å²) in [6.07, 6.45) is 1.07. The van der Waals surface area contributed by atoms with Crippen molar-refractivity contribution < 1.29 is 4.79 Å². The van der Waals surface area contributed by atoms with Crippen molar-refractivity contribution in [3.8, 4) is 6.07 Å². The number of hydrogen-bond acceptors (Lipinski definition) is 2. The van der Waals surface area contributed by atoms with Gasteiger partial charge in [-0.2, -0.15) is 5.26 Å². The number of hydrogen-bond donors (Lipinski definition) is 0. The van der Waals surface area contributed by atoms with Gasteiger partial charge in [-0.05, 0) is 18.1 Å². The van der Waals surface area contributed by atoms with Crippen molar-refractivity contribution in [2.24, 2.45) is 0 Å². The Labute approximate surface area is 88.9 Å². The van der Waals surface area contributed by atoms with Crippen molar-refractivity contribution in [2.75, 3.05) is 11.9 Å². The molecule has 76 valence electrons. The Morgan fingerprint density at radius 1 is 1.47 bits per heavy atom. The van der Waals surface area contributed by atoms with Gasteiger partial charge in [0.1, 0.15) is 0 Å². The van der Waals surface area contributed by atoms with Crippen LogP contribution in [0.25, 0.3) is 0 Å². The molecule has 1 amide bonds. The summed E-state index contributed by atoms with van der Waals surface area (Å²) in [5, 5.41) is 9.06. The molecule has 1 aliphatic heterocycles. The van der Waals surface area contributed by atoms with Gasteiger partial charge in [-0.1, -0.05) is 18.2 Å². The average molecular weight is 200 g/mol. The molecule has 0 fully saturated rings. The van der Waals surface area contributed by atoms with E-state index in [4.69, 9.17) is 5.26 Å². The molecule has 1 aromatic rings. The molecule has 3 heteroatoms. The van der Waals surface area contributed by atoms with Crippen LogP contribution in [0.2, 0.25) is 0 Å². The second-order valence-corrected chi connectivity index (χ2v) is 3.73. The second-order valence-electron chi connectivity index (χ2n) is 3.73. The van der Waals surface area contributed by atoms with Crippen LogP contribution in [0.1, 0.15) is 24.3 Å². The van der Waals surface area contributed by atoms with E-state index in [2.05, 4.69) is 6.07 Å². The zero-order valence-electron chi connectivity index (χ0n) is 8.60. The minimum absolute atomic E-state index is 0.0835. The van der Waals surface area contributed by atoms with E-state index in [9.17, 15) is 4.79 Å². The molecule has 15 heavy (non-hydrogen) atoms. The van der Waals surface area contributed by atoms with Gasteiger partial charge < -0.3 is 4.90 Å². The number of fused-ring (bicyclic) bond motifs is 1. The highest BCUT2D eigenvalue weighted by Gasteiger charge is 2.24. The summed E-state index contributed by atoms with van der Waals surface area (Å²) in [4.78, 5) is 13.3. The number of anilines is 1. The van der Waals surface area contributed by atoms with Crippen molar-refractivity contribution in [2.45, 2.75) is 18.8 Å². The minimum Gasteiger partial charge on any atom is -0.315 e. The van der Waals surface area contributed by atoms with Crippen LogP contribution in [-0.4, -0.2) is 13.0 Å². The predicted molar refractivity (Wildman–Crippen MR) is 57.4 cm³/mol. The highest BCUT2D eigenvalue weighted by atomic mass is 16.2. The molecular formula is C12H12N2O. The Bertz CT molecular complexity index is 433. The van der Waals surface area contributed by atoms with E-state index in [0.717, 1.165) is 11.3 Å². The highest BCUT2D eigenvalue weighted by molar-refractivity contribution is 5.94. The van der Waals surface area contributed by atoms with Crippen LogP contribution in [0.4, 0.5) is 5.69 Å². The molecule has 1 unspecified atom stereocenters. The fourth-order valence-electron chi connectivity index (χ4n) is 1.95. The molecule has 0 radical (unpaired) electrons. The van der Waals surface area contributed by atoms with Crippen LogP contribution in [0.15, 0.2) is 24.3 Å². The van der Waals surface area contributed by atoms with E-state index in [-0.39, 0.29) is 11.8 Å². The summed E-state index contributed by atoms with van der Waals surface area (Å²) in [6.45, 7) is 0. The molecule has 1 aromatic carbocycles. The lowest BCUT2D eigenvalue weighted by Gasteiger charge is -2.17. The normalized spacial score (nSPS) is 20.4. The molecule has 0 saturated heterocycles. The second kappa shape index (κ2) is 3.74. The molecule has 1 heterocycles. The standard InChI is InChI=1S/C12H12N2O/c1-14-11-5-3-2-4-10(11)9(8-13)6-7-12(14)15/h2-5,9H,6-7H2,1H3. The Morgan fingerprint density at radius 3 is 2.93 bits per heavy atom. The summed E-state index contributed by atoms with van der Waals surface area (Å²) in [5.74, 6) is -0.0738. The van der Waals surface area contributed by atoms with Crippen LogP contribution in [0.3, 0.4) is 0 Å². The van der Waals surface area contributed by atoms with Crippen molar-refractivity contribution >= 4 is 11.6 Å². The lowest BCUT2D eigenvalue weighted by molar-refractivity contribution is -0.118. The van der Waals surface area contributed by atoms with Crippen molar-refractivity contribution in [1.82, 2.24) is 0 Å². The first-order valence-electron chi connectivity index (χ1n) is 4.99. The first-order chi connectivity index (χ1) is 7.24. The number of benzene rings is 1. The fourth-order valence-corrected chi connectivity index (χ4v) is 1.95. The van der Waals surface area contributed by atoms with Crippen LogP contribution in [-0.2, 0) is 4.79 Å². The Balaban J connectivity index is 2.55. The van der Waals surface area contributed by atoms with Gasteiger partial charge in [0.15, 0.2) is 0 Å². The number of carbonyl (C=O) groups excluding carboxylic acids is 1. The number of amides is 1. The van der Waals surface area contributed by atoms with Crippen molar-refractivity contribution in [3.63, 3.8) is 0 Å². The van der Waals surface area contributed by atoms with Gasteiger partial charge in [0.2, 0.25) is 5.91 Å². The first-order valence-corrected chi connectivity index (χ1v) is 4.99. The first kappa shape index (κ1) is 9.72. The largest absolute Gasteiger partial charge is 0.315 e. The Morgan fingerprint density at radius 2 is 2.20 bits per heavy atom. The van der Waals surface area contributed by atoms with E-state index in [1.807, 2.05) is 24.3 Å². The molecule has 0 aromatic heterocycles. The van der Waals surface area contributed by atoms with Crippen LogP contribution in [0, 0.1) is 11.3 Å². The molecule has 0 aliphatic carbocycles. The van der Waals surface area contributed by atoms with E-state index in [1.54, 1.807) is 11.9 Å². The molecule has 0 bridgehead atoms. The monoisotopic (exact) mass is 200 g/mol. The van der Waals surface area contributed by atoms with E-state index >= 15 is 0 Å². The summed E-state index contributed by atoms with van der Waals surface area (Å²) in [7, 11) is 1.76. The van der Waals surface area contributed by atoms with Gasteiger partial charge in [-0.15, -0.1) is 0 Å². The van der Waals surface area contributed by atoms with Gasteiger partial charge in [-0.3, -0.25) is 4.79 Å². The number of nitrogens with zero attached hydrogens (tertiary/aromatic N) is 2. The molecule has 1 atom stereocenters. The van der Waals surface area contributed by atoms with Gasteiger partial charge in [0, 0.05) is 19.2 Å². The fraction of sp³-hybridized carbons (Fsp3) is 0.333. The van der Waals surface area contributed by atoms with Crippen molar-refractivity contribution in [3.05, 3.63) is 29.8 Å². The quantitative estimate of drug-likeness (QED) is 0.643. The van der Waals surface area contributed by atoms with Gasteiger partial charge in [-0.25, -0.2) is 0 Å². The third kappa shape index (κ3) is 1.59. The maximum atomic E-state index is 11.7. The van der Waals surface area contributed by atoms with E-state index in [1.165, 1.54) is 0 Å². The molecular weight excluding hydrogens is 188 g/mol. The van der Waals surface area contributed by atoms with Crippen LogP contribution in [0.5, 0.6) is 0 Å². The van der Waals surface area contributed by atoms with Gasteiger partial charge in [0.25, 0.3) is 0 Å². The maximum absolute atomic E-state index is 11.7. The Hall–Kier alpha value is -1.82. The number of nitriles is 1. The SMILES string of the molecule is CN1C(=O)CCC(C#N)c2ccccc21.